The van der Waals surface area contributed by atoms with Gasteiger partial charge in [0.05, 0.1) is 6.67 Å². The molecule has 0 aliphatic carbocycles. The molecule has 0 saturated carbocycles. The minimum Gasteiger partial charge on any atom is -0.353 e. The number of hydrogen-bond acceptors (Lipinski definition) is 7. The second-order valence-corrected chi connectivity index (χ2v) is 11.1. The highest BCUT2D eigenvalue weighted by atomic mass is 16.2. The molecule has 9 nitrogen and oxygen atoms in total. The van der Waals surface area contributed by atoms with E-state index >= 15 is 0 Å². The minimum absolute atomic E-state index is 0.0502. The van der Waals surface area contributed by atoms with Crippen LogP contribution in [0.25, 0.3) is 10.8 Å². The Bertz CT molecular complexity index is 1300. The third kappa shape index (κ3) is 6.54. The van der Waals surface area contributed by atoms with Gasteiger partial charge in [-0.2, -0.15) is 0 Å². The zero-order valence-electron chi connectivity index (χ0n) is 23.9. The number of piperidine rings is 1. The zero-order chi connectivity index (χ0) is 28.7. The van der Waals surface area contributed by atoms with E-state index in [1.165, 1.54) is 16.3 Å². The molecule has 2 amide bonds. The molecule has 41 heavy (non-hydrogen) atoms. The quantitative estimate of drug-likeness (QED) is 0.312. The summed E-state index contributed by atoms with van der Waals surface area (Å²) in [4.78, 5) is 35.5. The number of nitrogens with one attached hydrogen (secondary N) is 1. The lowest BCUT2D eigenvalue weighted by molar-refractivity contribution is -0.137. The number of anilines is 1. The lowest BCUT2D eigenvalue weighted by Crippen LogP contribution is -2.56. The van der Waals surface area contributed by atoms with Crippen LogP contribution in [0, 0.1) is 0 Å². The number of nitrogens with zero attached hydrogens (tertiary/aromatic N) is 4. The Labute approximate surface area is 243 Å². The highest BCUT2D eigenvalue weighted by Gasteiger charge is 2.53. The van der Waals surface area contributed by atoms with Crippen molar-refractivity contribution in [1.82, 2.24) is 20.0 Å². The molecule has 2 saturated heterocycles. The fourth-order valence-corrected chi connectivity index (χ4v) is 6.36. The van der Waals surface area contributed by atoms with Gasteiger partial charge in [0.1, 0.15) is 12.1 Å². The second-order valence-electron chi connectivity index (χ2n) is 11.1. The van der Waals surface area contributed by atoms with Crippen molar-refractivity contribution in [1.29, 1.82) is 0 Å². The van der Waals surface area contributed by atoms with Crippen LogP contribution in [0.5, 0.6) is 0 Å². The van der Waals surface area contributed by atoms with E-state index in [1.807, 2.05) is 18.2 Å². The van der Waals surface area contributed by atoms with Crippen molar-refractivity contribution >= 4 is 28.3 Å². The molecule has 0 unspecified atom stereocenters. The van der Waals surface area contributed by atoms with Gasteiger partial charge in [-0.15, -0.1) is 0 Å². The summed E-state index contributed by atoms with van der Waals surface area (Å²) in [5.41, 5.74) is 13.1. The maximum absolute atomic E-state index is 14.0. The molecule has 2 fully saturated rings. The van der Waals surface area contributed by atoms with E-state index in [0.29, 0.717) is 32.8 Å². The molecule has 0 radical (unpaired) electrons. The van der Waals surface area contributed by atoms with Crippen molar-refractivity contribution in [2.24, 2.45) is 11.5 Å². The molecule has 5 N–H and O–H groups in total. The molecule has 1 spiro atoms. The van der Waals surface area contributed by atoms with Crippen LogP contribution >= 0.6 is 0 Å². The smallest absolute Gasteiger partial charge is 0.250 e. The Hall–Kier alpha value is -3.50. The molecule has 2 aliphatic rings. The number of carbonyl (C=O) groups is 2. The molecular formula is C32H43N7O2. The Morgan fingerprint density at radius 2 is 1.56 bits per heavy atom. The number of para-hydroxylation sites is 1. The summed E-state index contributed by atoms with van der Waals surface area (Å²) < 4.78 is 0. The van der Waals surface area contributed by atoms with Crippen molar-refractivity contribution in [2.75, 3.05) is 70.5 Å². The third-order valence-electron chi connectivity index (χ3n) is 8.51. The fraction of sp³-hybridized carbons (Fsp3) is 0.438. The Kier molecular flexibility index (Phi) is 9.51. The molecule has 218 valence electrons. The van der Waals surface area contributed by atoms with Crippen molar-refractivity contribution in [3.05, 3.63) is 78.4 Å². The highest BCUT2D eigenvalue weighted by molar-refractivity contribution is 5.96. The van der Waals surface area contributed by atoms with Crippen LogP contribution in [-0.2, 0) is 16.1 Å². The standard InChI is InChI=1S/C32H43N7O2/c33-15-20-36(21-16-34)22-17-35-30(40)24-38-25-39(28-10-2-1-3-11-28)32(31(38)41)13-18-37(19-14-32)23-27-9-6-8-26-7-4-5-12-29(26)27/h1-12H,13-25,33-34H2,(H,35,40). The number of likely N-dealkylation sites (tertiary alicyclic amines) is 1. The summed E-state index contributed by atoms with van der Waals surface area (Å²) in [6, 6.07) is 25.1. The molecule has 2 heterocycles. The maximum Gasteiger partial charge on any atom is 0.250 e. The number of nitrogens with two attached hydrogens (primary N) is 2. The second kappa shape index (κ2) is 13.4. The Morgan fingerprint density at radius 3 is 2.29 bits per heavy atom. The van der Waals surface area contributed by atoms with Crippen molar-refractivity contribution in [2.45, 2.75) is 24.9 Å². The van der Waals surface area contributed by atoms with Crippen LogP contribution in [0.15, 0.2) is 72.8 Å². The lowest BCUT2D eigenvalue weighted by Gasteiger charge is -2.43. The van der Waals surface area contributed by atoms with Gasteiger partial charge < -0.3 is 26.6 Å². The normalized spacial score (nSPS) is 17.2. The molecule has 0 atom stereocenters. The van der Waals surface area contributed by atoms with Crippen LogP contribution in [0.1, 0.15) is 18.4 Å². The maximum atomic E-state index is 14.0. The van der Waals surface area contributed by atoms with Crippen LogP contribution in [0.4, 0.5) is 5.69 Å². The van der Waals surface area contributed by atoms with Crippen molar-refractivity contribution in [3.63, 3.8) is 0 Å². The first-order valence-electron chi connectivity index (χ1n) is 14.7. The molecule has 0 bridgehead atoms. The van der Waals surface area contributed by atoms with Crippen molar-refractivity contribution < 1.29 is 9.59 Å². The predicted octanol–water partition coefficient (Wildman–Crippen LogP) is 1.82. The topological polar surface area (TPSA) is 111 Å². The van der Waals surface area contributed by atoms with Crippen LogP contribution in [0.2, 0.25) is 0 Å². The molecule has 5 rings (SSSR count). The predicted molar refractivity (Wildman–Crippen MR) is 164 cm³/mol. The Morgan fingerprint density at radius 1 is 0.878 bits per heavy atom. The van der Waals surface area contributed by atoms with E-state index < -0.39 is 5.54 Å². The molecule has 3 aromatic carbocycles. The highest BCUT2D eigenvalue weighted by Crippen LogP contribution is 2.39. The van der Waals surface area contributed by atoms with E-state index in [9.17, 15) is 9.59 Å². The SMILES string of the molecule is NCCN(CCN)CCNC(=O)CN1CN(c2ccccc2)C2(CCN(Cc3cccc4ccccc34)CC2)C1=O. The molecule has 9 heteroatoms. The van der Waals surface area contributed by atoms with Gasteiger partial charge in [0, 0.05) is 64.6 Å². The van der Waals surface area contributed by atoms with Gasteiger partial charge in [-0.3, -0.25) is 19.4 Å². The summed E-state index contributed by atoms with van der Waals surface area (Å²) in [5.74, 6) is -0.0912. The summed E-state index contributed by atoms with van der Waals surface area (Å²) in [6.45, 7) is 6.70. The number of rotatable bonds is 12. The van der Waals surface area contributed by atoms with Crippen LogP contribution in [-0.4, -0.2) is 97.6 Å². The first kappa shape index (κ1) is 29.0. The van der Waals surface area contributed by atoms with E-state index in [-0.39, 0.29) is 18.4 Å². The fourth-order valence-electron chi connectivity index (χ4n) is 6.36. The van der Waals surface area contributed by atoms with Gasteiger partial charge in [0.15, 0.2) is 0 Å². The summed E-state index contributed by atoms with van der Waals surface area (Å²) in [6.07, 6.45) is 1.44. The largest absolute Gasteiger partial charge is 0.353 e. The number of amides is 2. The molecule has 3 aromatic rings. The van der Waals surface area contributed by atoms with E-state index in [0.717, 1.165) is 51.3 Å². The average Bonchev–Trinajstić information content (AvgIpc) is 3.25. The molecular weight excluding hydrogens is 514 g/mol. The van der Waals surface area contributed by atoms with Gasteiger partial charge >= 0.3 is 0 Å². The van der Waals surface area contributed by atoms with Gasteiger partial charge in [-0.1, -0.05) is 60.7 Å². The monoisotopic (exact) mass is 557 g/mol. The third-order valence-corrected chi connectivity index (χ3v) is 8.51. The first-order chi connectivity index (χ1) is 20.0. The summed E-state index contributed by atoms with van der Waals surface area (Å²) in [5, 5.41) is 5.52. The zero-order valence-corrected chi connectivity index (χ0v) is 23.9. The average molecular weight is 558 g/mol. The Balaban J connectivity index is 1.25. The number of benzene rings is 3. The molecule has 2 aliphatic heterocycles. The summed E-state index contributed by atoms with van der Waals surface area (Å²) >= 11 is 0. The van der Waals surface area contributed by atoms with Gasteiger partial charge in [-0.05, 0) is 41.3 Å². The number of fused-ring (bicyclic) bond motifs is 1. The van der Waals surface area contributed by atoms with Gasteiger partial charge in [-0.25, -0.2) is 0 Å². The van der Waals surface area contributed by atoms with Gasteiger partial charge in [0.2, 0.25) is 11.8 Å². The number of hydrogen-bond donors (Lipinski definition) is 3. The minimum atomic E-state index is -0.643. The molecule has 0 aromatic heterocycles. The van der Waals surface area contributed by atoms with E-state index in [2.05, 4.69) is 74.6 Å². The first-order valence-corrected chi connectivity index (χ1v) is 14.7. The van der Waals surface area contributed by atoms with Gasteiger partial charge in [0.25, 0.3) is 0 Å². The van der Waals surface area contributed by atoms with E-state index in [1.54, 1.807) is 4.90 Å². The van der Waals surface area contributed by atoms with Crippen LogP contribution < -0.4 is 21.7 Å². The van der Waals surface area contributed by atoms with E-state index in [4.69, 9.17) is 11.5 Å². The lowest BCUT2D eigenvalue weighted by atomic mass is 9.85. The summed E-state index contributed by atoms with van der Waals surface area (Å²) in [7, 11) is 0. The van der Waals surface area contributed by atoms with Crippen molar-refractivity contribution in [3.8, 4) is 0 Å². The number of carbonyl (C=O) groups excluding carboxylic acids is 2. The van der Waals surface area contributed by atoms with Crippen LogP contribution in [0.3, 0.4) is 0 Å².